The van der Waals surface area contributed by atoms with E-state index in [1.807, 2.05) is 18.2 Å². The third-order valence-electron chi connectivity index (χ3n) is 1.91. The molecule has 0 saturated carbocycles. The van der Waals surface area contributed by atoms with E-state index in [-0.39, 0.29) is 1.43 Å². The second kappa shape index (κ2) is 3.13. The quantitative estimate of drug-likeness (QED) is 0.759. The maximum atomic E-state index is 5.25. The van der Waals surface area contributed by atoms with Gasteiger partial charge in [0.05, 0.1) is 6.26 Å². The molecule has 0 atom stereocenters. The third kappa shape index (κ3) is 1.66. The van der Waals surface area contributed by atoms with Crippen molar-refractivity contribution >= 4 is 16.7 Å². The summed E-state index contributed by atoms with van der Waals surface area (Å²) >= 11 is 0. The Hall–Kier alpha value is -1.44. The highest BCUT2D eigenvalue weighted by atomic mass is 16.3. The molecule has 0 radical (unpaired) electrons. The normalized spacial score (nSPS) is 11.0. The van der Waals surface area contributed by atoms with Crippen molar-refractivity contribution < 1.29 is 5.84 Å². The summed E-state index contributed by atoms with van der Waals surface area (Å²) in [6.45, 7) is 4.25. The summed E-state index contributed by atoms with van der Waals surface area (Å²) in [7, 11) is 0. The van der Waals surface area contributed by atoms with Crippen LogP contribution in [-0.4, -0.2) is 6.04 Å². The lowest BCUT2D eigenvalue weighted by atomic mass is 10.2. The van der Waals surface area contributed by atoms with E-state index in [0.717, 1.165) is 16.7 Å². The molecular weight excluding hydrogens is 162 g/mol. The van der Waals surface area contributed by atoms with Gasteiger partial charge in [0.1, 0.15) is 5.58 Å². The van der Waals surface area contributed by atoms with Crippen molar-refractivity contribution in [2.75, 3.05) is 5.32 Å². The van der Waals surface area contributed by atoms with Gasteiger partial charge < -0.3 is 9.73 Å². The van der Waals surface area contributed by atoms with Gasteiger partial charge in [-0.15, -0.1) is 0 Å². The SMILES string of the molecule is CC(C)Nc1ccc2occc2c1.[HH]. The zero-order valence-corrected chi connectivity index (χ0v) is 7.87. The minimum atomic E-state index is 0. The fourth-order valence-electron chi connectivity index (χ4n) is 1.39. The largest absolute Gasteiger partial charge is 0.464 e. The second-order valence-electron chi connectivity index (χ2n) is 3.47. The molecule has 70 valence electrons. The fourth-order valence-corrected chi connectivity index (χ4v) is 1.39. The van der Waals surface area contributed by atoms with Gasteiger partial charge in [0.25, 0.3) is 0 Å². The van der Waals surface area contributed by atoms with Crippen LogP contribution in [0.4, 0.5) is 5.69 Å². The maximum Gasteiger partial charge on any atom is 0.133 e. The van der Waals surface area contributed by atoms with E-state index in [0.29, 0.717) is 6.04 Å². The summed E-state index contributed by atoms with van der Waals surface area (Å²) < 4.78 is 5.25. The van der Waals surface area contributed by atoms with Crippen molar-refractivity contribution in [1.29, 1.82) is 0 Å². The molecule has 0 fully saturated rings. The lowest BCUT2D eigenvalue weighted by molar-refractivity contribution is 0.616. The number of fused-ring (bicyclic) bond motifs is 1. The van der Waals surface area contributed by atoms with Crippen molar-refractivity contribution in [3.63, 3.8) is 0 Å². The predicted molar refractivity (Wildman–Crippen MR) is 57.1 cm³/mol. The number of hydrogen-bond acceptors (Lipinski definition) is 2. The van der Waals surface area contributed by atoms with E-state index in [9.17, 15) is 0 Å². The Morgan fingerprint density at radius 3 is 2.92 bits per heavy atom. The topological polar surface area (TPSA) is 25.2 Å². The van der Waals surface area contributed by atoms with Crippen LogP contribution in [0, 0.1) is 0 Å². The molecule has 0 unspecified atom stereocenters. The Bertz CT molecular complexity index is 408. The molecule has 2 heteroatoms. The molecule has 0 aliphatic rings. The molecule has 0 aliphatic heterocycles. The monoisotopic (exact) mass is 177 g/mol. The molecule has 1 N–H and O–H groups in total. The minimum absolute atomic E-state index is 0. The van der Waals surface area contributed by atoms with Gasteiger partial charge in [-0.25, -0.2) is 0 Å². The predicted octanol–water partition coefficient (Wildman–Crippen LogP) is 3.50. The Morgan fingerprint density at radius 2 is 2.15 bits per heavy atom. The summed E-state index contributed by atoms with van der Waals surface area (Å²) in [5.41, 5.74) is 2.08. The Kier molecular flexibility index (Phi) is 1.97. The smallest absolute Gasteiger partial charge is 0.133 e. The van der Waals surface area contributed by atoms with E-state index in [1.54, 1.807) is 6.26 Å². The van der Waals surface area contributed by atoms with Crippen molar-refractivity contribution in [2.45, 2.75) is 19.9 Å². The van der Waals surface area contributed by atoms with E-state index < -0.39 is 0 Å². The molecule has 0 spiro atoms. The number of rotatable bonds is 2. The van der Waals surface area contributed by atoms with Crippen molar-refractivity contribution in [2.24, 2.45) is 0 Å². The van der Waals surface area contributed by atoms with Gasteiger partial charge in [0, 0.05) is 18.5 Å². The first-order chi connectivity index (χ1) is 6.25. The fraction of sp³-hybridized carbons (Fsp3) is 0.273. The van der Waals surface area contributed by atoms with Crippen molar-refractivity contribution in [3.8, 4) is 0 Å². The number of anilines is 1. The Labute approximate surface area is 79.0 Å². The zero-order valence-electron chi connectivity index (χ0n) is 7.87. The highest BCUT2D eigenvalue weighted by molar-refractivity contribution is 5.81. The molecule has 0 amide bonds. The average Bonchev–Trinajstić information content (AvgIpc) is 2.49. The molecule has 2 nitrogen and oxygen atoms in total. The zero-order chi connectivity index (χ0) is 9.26. The molecule has 2 rings (SSSR count). The van der Waals surface area contributed by atoms with E-state index in [4.69, 9.17) is 4.42 Å². The van der Waals surface area contributed by atoms with Gasteiger partial charge in [-0.2, -0.15) is 0 Å². The first-order valence-corrected chi connectivity index (χ1v) is 4.49. The van der Waals surface area contributed by atoms with Crippen LogP contribution < -0.4 is 5.32 Å². The molecule has 0 aliphatic carbocycles. The van der Waals surface area contributed by atoms with Crippen molar-refractivity contribution in [1.82, 2.24) is 0 Å². The van der Waals surface area contributed by atoms with Gasteiger partial charge in [0.2, 0.25) is 0 Å². The number of hydrogen-bond donors (Lipinski definition) is 1. The van der Waals surface area contributed by atoms with Gasteiger partial charge in [-0.05, 0) is 38.1 Å². The minimum Gasteiger partial charge on any atom is -0.464 e. The van der Waals surface area contributed by atoms with E-state index >= 15 is 0 Å². The van der Waals surface area contributed by atoms with Gasteiger partial charge >= 0.3 is 0 Å². The van der Waals surface area contributed by atoms with Crippen LogP contribution in [0.15, 0.2) is 34.9 Å². The maximum absolute atomic E-state index is 5.25. The van der Waals surface area contributed by atoms with Crippen molar-refractivity contribution in [3.05, 3.63) is 30.5 Å². The molecule has 1 aromatic carbocycles. The summed E-state index contributed by atoms with van der Waals surface area (Å²) in [6.07, 6.45) is 1.71. The molecule has 2 aromatic rings. The number of furan rings is 1. The standard InChI is InChI=1S/C11H13NO.H2/c1-8(2)12-10-3-4-11-9(7-10)5-6-13-11;/h3-8,12H,1-2H3;1H. The Balaban J connectivity index is 0.000000980. The van der Waals surface area contributed by atoms with Crippen LogP contribution in [0.25, 0.3) is 11.0 Å². The first-order valence-electron chi connectivity index (χ1n) is 4.49. The lowest BCUT2D eigenvalue weighted by Gasteiger charge is -2.08. The van der Waals surface area contributed by atoms with Crippen LogP contribution in [-0.2, 0) is 0 Å². The lowest BCUT2D eigenvalue weighted by Crippen LogP contribution is -2.09. The average molecular weight is 177 g/mol. The van der Waals surface area contributed by atoms with Crippen LogP contribution in [0.2, 0.25) is 0 Å². The Morgan fingerprint density at radius 1 is 1.31 bits per heavy atom. The van der Waals surface area contributed by atoms with Crippen LogP contribution >= 0.6 is 0 Å². The van der Waals surface area contributed by atoms with E-state index in [2.05, 4.69) is 25.2 Å². The van der Waals surface area contributed by atoms with Gasteiger partial charge in [-0.1, -0.05) is 0 Å². The first kappa shape index (κ1) is 8.17. The van der Waals surface area contributed by atoms with Crippen LogP contribution in [0.1, 0.15) is 15.3 Å². The highest BCUT2D eigenvalue weighted by Gasteiger charge is 1.99. The number of nitrogens with one attached hydrogen (secondary N) is 1. The van der Waals surface area contributed by atoms with Crippen LogP contribution in [0.3, 0.4) is 0 Å². The van der Waals surface area contributed by atoms with Gasteiger partial charge in [-0.3, -0.25) is 0 Å². The summed E-state index contributed by atoms with van der Waals surface area (Å²) in [6, 6.07) is 8.55. The summed E-state index contributed by atoms with van der Waals surface area (Å²) in [5.74, 6) is 0. The van der Waals surface area contributed by atoms with E-state index in [1.165, 1.54) is 0 Å². The highest BCUT2D eigenvalue weighted by Crippen LogP contribution is 2.20. The molecule has 0 bridgehead atoms. The summed E-state index contributed by atoms with van der Waals surface area (Å²) in [5, 5.41) is 4.49. The second-order valence-corrected chi connectivity index (χ2v) is 3.47. The molecule has 0 saturated heterocycles. The third-order valence-corrected chi connectivity index (χ3v) is 1.91. The summed E-state index contributed by atoms with van der Waals surface area (Å²) in [4.78, 5) is 0. The number of benzene rings is 1. The molecular formula is C11H15NO. The van der Waals surface area contributed by atoms with Gasteiger partial charge in [0.15, 0.2) is 0 Å². The van der Waals surface area contributed by atoms with Crippen LogP contribution in [0.5, 0.6) is 0 Å². The molecule has 1 heterocycles. The molecule has 1 aromatic heterocycles. The molecule has 13 heavy (non-hydrogen) atoms.